The molecule has 0 bridgehead atoms. The van der Waals surface area contributed by atoms with Gasteiger partial charge in [-0.1, -0.05) is 54.4 Å². The standard InChI is InChI=1S/C30H38Cl2N2O8S2/c1-5-24(18-33(2)44(39,40)25-13-14-25)34-28(20-9-11-22(31)12-10-20)26(21-7-6-8-23(32)15-21)16-30(29(34)36,17-27(35)41-3)19-42-43(4,37)38/h6-12,15,24-26,28H,5,13-14,16-19H2,1-4H3/t24?,26-,28-,30-/m1/s1. The topological polar surface area (TPSA) is 127 Å². The van der Waals surface area contributed by atoms with E-state index in [1.54, 1.807) is 35.2 Å². The number of benzene rings is 2. The Balaban J connectivity index is 1.94. The third-order valence-corrected chi connectivity index (χ3v) is 11.8. The lowest BCUT2D eigenvalue weighted by molar-refractivity contribution is -0.165. The summed E-state index contributed by atoms with van der Waals surface area (Å²) in [5.41, 5.74) is -0.181. The molecule has 1 amide bonds. The van der Waals surface area contributed by atoms with Gasteiger partial charge in [-0.25, -0.2) is 12.7 Å². The van der Waals surface area contributed by atoms with Gasteiger partial charge in [0.15, 0.2) is 0 Å². The number of rotatable bonds is 13. The van der Waals surface area contributed by atoms with Gasteiger partial charge in [0, 0.05) is 35.6 Å². The van der Waals surface area contributed by atoms with Crippen molar-refractivity contribution in [1.82, 2.24) is 9.21 Å². The molecule has 1 heterocycles. The van der Waals surface area contributed by atoms with Crippen LogP contribution in [0.2, 0.25) is 10.0 Å². The van der Waals surface area contributed by atoms with Crippen LogP contribution in [0.4, 0.5) is 0 Å². The predicted octanol–water partition coefficient (Wildman–Crippen LogP) is 4.78. The molecule has 2 aromatic rings. The molecule has 2 aliphatic rings. The Morgan fingerprint density at radius 2 is 1.73 bits per heavy atom. The van der Waals surface area contributed by atoms with E-state index in [0.717, 1.165) is 17.4 Å². The Morgan fingerprint density at radius 3 is 2.27 bits per heavy atom. The zero-order chi connectivity index (χ0) is 32.4. The van der Waals surface area contributed by atoms with Crippen LogP contribution in [0.3, 0.4) is 0 Å². The van der Waals surface area contributed by atoms with Gasteiger partial charge in [-0.15, -0.1) is 0 Å². The Labute approximate surface area is 269 Å². The van der Waals surface area contributed by atoms with Crippen LogP contribution in [0, 0.1) is 5.41 Å². The third kappa shape index (κ3) is 7.76. The number of hydrogen-bond acceptors (Lipinski definition) is 8. The first-order valence-electron chi connectivity index (χ1n) is 14.3. The number of likely N-dealkylation sites (N-methyl/N-ethyl adjacent to an activating group) is 1. The maximum atomic E-state index is 14.9. The van der Waals surface area contributed by atoms with Gasteiger partial charge in [0.05, 0.1) is 43.1 Å². The quantitative estimate of drug-likeness (QED) is 0.217. The number of halogens is 2. The van der Waals surface area contributed by atoms with Crippen LogP contribution >= 0.6 is 23.2 Å². The van der Waals surface area contributed by atoms with Gasteiger partial charge in [0.2, 0.25) is 15.9 Å². The molecule has 0 radical (unpaired) electrons. The molecule has 1 unspecified atom stereocenters. The Morgan fingerprint density at radius 1 is 1.07 bits per heavy atom. The van der Waals surface area contributed by atoms with Crippen molar-refractivity contribution in [3.8, 4) is 0 Å². The average Bonchev–Trinajstić information content (AvgIpc) is 3.82. The van der Waals surface area contributed by atoms with Crippen LogP contribution in [0.5, 0.6) is 0 Å². The number of ether oxygens (including phenoxy) is 1. The molecule has 0 aromatic heterocycles. The van der Waals surface area contributed by atoms with E-state index in [1.165, 1.54) is 18.5 Å². The van der Waals surface area contributed by atoms with Gasteiger partial charge in [-0.3, -0.25) is 13.8 Å². The first-order valence-corrected chi connectivity index (χ1v) is 18.4. The van der Waals surface area contributed by atoms with Crippen molar-refractivity contribution in [2.45, 2.75) is 62.3 Å². The number of piperidine rings is 1. The third-order valence-electron chi connectivity index (χ3n) is 8.44. The zero-order valence-electron chi connectivity index (χ0n) is 25.1. The molecule has 242 valence electrons. The fourth-order valence-corrected chi connectivity index (χ4v) is 8.40. The molecule has 10 nitrogen and oxygen atoms in total. The van der Waals surface area contributed by atoms with Crippen LogP contribution in [-0.4, -0.2) is 82.8 Å². The molecule has 44 heavy (non-hydrogen) atoms. The van der Waals surface area contributed by atoms with Crippen molar-refractivity contribution in [2.24, 2.45) is 5.41 Å². The summed E-state index contributed by atoms with van der Waals surface area (Å²) in [7, 11) is -4.91. The normalized spacial score (nSPS) is 23.5. The maximum Gasteiger partial charge on any atom is 0.306 e. The first kappa shape index (κ1) is 34.6. The summed E-state index contributed by atoms with van der Waals surface area (Å²) in [6.45, 7) is 1.24. The maximum absolute atomic E-state index is 14.9. The molecule has 4 rings (SSSR count). The van der Waals surface area contributed by atoms with Gasteiger partial charge in [-0.05, 0) is 61.1 Å². The van der Waals surface area contributed by atoms with Crippen molar-refractivity contribution < 1.29 is 35.3 Å². The van der Waals surface area contributed by atoms with Crippen molar-refractivity contribution in [3.05, 3.63) is 69.7 Å². The Bertz CT molecular complexity index is 1580. The minimum Gasteiger partial charge on any atom is -0.469 e. The number of nitrogens with zero attached hydrogens (tertiary/aromatic N) is 2. The highest BCUT2D eigenvalue weighted by molar-refractivity contribution is 7.90. The minimum atomic E-state index is -4.02. The van der Waals surface area contributed by atoms with Gasteiger partial charge in [0.1, 0.15) is 0 Å². The van der Waals surface area contributed by atoms with Crippen molar-refractivity contribution in [2.75, 3.05) is 33.6 Å². The first-order chi connectivity index (χ1) is 20.6. The second-order valence-corrected chi connectivity index (χ2v) is 16.5. The van der Waals surface area contributed by atoms with Gasteiger partial charge in [0.25, 0.3) is 10.1 Å². The van der Waals surface area contributed by atoms with E-state index in [1.807, 2.05) is 25.1 Å². The number of carbonyl (C=O) groups excluding carboxylic acids is 2. The average molecular weight is 690 g/mol. The van der Waals surface area contributed by atoms with Gasteiger partial charge in [-0.2, -0.15) is 8.42 Å². The van der Waals surface area contributed by atoms with E-state index >= 15 is 0 Å². The molecule has 0 N–H and O–H groups in total. The molecule has 1 aliphatic heterocycles. The molecule has 2 aromatic carbocycles. The molecule has 0 spiro atoms. The monoisotopic (exact) mass is 688 g/mol. The molecule has 1 saturated carbocycles. The predicted molar refractivity (Wildman–Crippen MR) is 168 cm³/mol. The Hall–Kier alpha value is -2.22. The largest absolute Gasteiger partial charge is 0.469 e. The zero-order valence-corrected chi connectivity index (χ0v) is 28.3. The van der Waals surface area contributed by atoms with Gasteiger partial charge >= 0.3 is 5.97 Å². The fraction of sp³-hybridized carbons (Fsp3) is 0.533. The van der Waals surface area contributed by atoms with E-state index in [4.69, 9.17) is 32.1 Å². The van der Waals surface area contributed by atoms with E-state index in [-0.39, 0.29) is 13.0 Å². The summed E-state index contributed by atoms with van der Waals surface area (Å²) in [6.07, 6.45) is 1.98. The lowest BCUT2D eigenvalue weighted by Crippen LogP contribution is -2.60. The van der Waals surface area contributed by atoms with Crippen LogP contribution in [0.15, 0.2) is 48.5 Å². The van der Waals surface area contributed by atoms with Crippen LogP contribution < -0.4 is 0 Å². The fourth-order valence-electron chi connectivity index (χ4n) is 6.02. The van der Waals surface area contributed by atoms with Crippen LogP contribution in [-0.2, 0) is 38.7 Å². The number of amides is 1. The molecular formula is C30H38Cl2N2O8S2. The Kier molecular flexibility index (Phi) is 10.7. The number of carbonyl (C=O) groups is 2. The number of sulfonamides is 1. The molecule has 1 saturated heterocycles. The number of esters is 1. The van der Waals surface area contributed by atoms with Crippen LogP contribution in [0.1, 0.15) is 62.1 Å². The summed E-state index contributed by atoms with van der Waals surface area (Å²) < 4.78 is 62.3. The van der Waals surface area contributed by atoms with Crippen molar-refractivity contribution in [1.29, 1.82) is 0 Å². The smallest absolute Gasteiger partial charge is 0.306 e. The molecule has 4 atom stereocenters. The van der Waals surface area contributed by atoms with Crippen LogP contribution in [0.25, 0.3) is 0 Å². The summed E-state index contributed by atoms with van der Waals surface area (Å²) in [5, 5.41) is 0.495. The summed E-state index contributed by atoms with van der Waals surface area (Å²) >= 11 is 12.7. The summed E-state index contributed by atoms with van der Waals surface area (Å²) in [6, 6.07) is 12.9. The SMILES string of the molecule is CCC(CN(C)S(=O)(=O)C1CC1)N1C(=O)[C@@](COS(C)(=O)=O)(CC(=O)OC)C[C@H](c2cccc(Cl)c2)[C@H]1c1ccc(Cl)cc1. The van der Waals surface area contributed by atoms with E-state index in [0.29, 0.717) is 29.3 Å². The van der Waals surface area contributed by atoms with E-state index in [2.05, 4.69) is 0 Å². The number of methoxy groups -OCH3 is 1. The molecular weight excluding hydrogens is 651 g/mol. The lowest BCUT2D eigenvalue weighted by atomic mass is 9.66. The summed E-state index contributed by atoms with van der Waals surface area (Å²) in [4.78, 5) is 29.4. The minimum absolute atomic E-state index is 0.00529. The number of likely N-dealkylation sites (tertiary alicyclic amines) is 1. The van der Waals surface area contributed by atoms with Crippen molar-refractivity contribution >= 4 is 55.2 Å². The molecule has 1 aliphatic carbocycles. The second kappa shape index (κ2) is 13.6. The summed E-state index contributed by atoms with van der Waals surface area (Å²) in [5.74, 6) is -1.76. The molecule has 2 fully saturated rings. The van der Waals surface area contributed by atoms with E-state index in [9.17, 15) is 26.4 Å². The lowest BCUT2D eigenvalue weighted by Gasteiger charge is -2.53. The van der Waals surface area contributed by atoms with E-state index < -0.39 is 73.7 Å². The second-order valence-electron chi connectivity index (χ2n) is 11.7. The number of hydrogen-bond donors (Lipinski definition) is 0. The molecule has 14 heteroatoms. The van der Waals surface area contributed by atoms with Gasteiger partial charge < -0.3 is 9.64 Å². The highest BCUT2D eigenvalue weighted by Crippen LogP contribution is 2.53. The highest BCUT2D eigenvalue weighted by Gasteiger charge is 2.56. The highest BCUT2D eigenvalue weighted by atomic mass is 35.5. The van der Waals surface area contributed by atoms with Crippen molar-refractivity contribution in [3.63, 3.8) is 0 Å².